The van der Waals surface area contributed by atoms with Crippen LogP contribution < -0.4 is 5.32 Å². The Bertz CT molecular complexity index is 500. The summed E-state index contributed by atoms with van der Waals surface area (Å²) in [5.74, 6) is 1.64. The Hall–Kier alpha value is -1.94. The second-order valence-corrected chi connectivity index (χ2v) is 6.11. The Morgan fingerprint density at radius 1 is 1.35 bits per heavy atom. The van der Waals surface area contributed by atoms with Crippen molar-refractivity contribution in [3.8, 4) is 12.3 Å². The Balaban J connectivity index is 1.80. The lowest BCUT2D eigenvalue weighted by atomic mass is 9.89. The molecule has 0 aromatic heterocycles. The van der Waals surface area contributed by atoms with Gasteiger partial charge in [-0.3, -0.25) is 9.59 Å². The minimum absolute atomic E-state index is 0.0621. The van der Waals surface area contributed by atoms with Crippen LogP contribution in [0, 0.1) is 18.3 Å². The van der Waals surface area contributed by atoms with Crippen molar-refractivity contribution in [2.24, 2.45) is 16.1 Å². The third-order valence-electron chi connectivity index (χ3n) is 4.38. The maximum Gasteiger partial charge on any atom is 0.305 e. The number of carbonyl (C=O) groups is 2. The number of ether oxygens (including phenoxy) is 1. The summed E-state index contributed by atoms with van der Waals surface area (Å²) in [6.45, 7) is 1.23. The van der Waals surface area contributed by atoms with E-state index in [1.165, 1.54) is 0 Å². The number of hydrogen-bond acceptors (Lipinski definition) is 5. The molecule has 1 unspecified atom stereocenters. The topological polar surface area (TPSA) is 100 Å². The van der Waals surface area contributed by atoms with Crippen molar-refractivity contribution in [3.05, 3.63) is 0 Å². The van der Waals surface area contributed by atoms with Gasteiger partial charge in [-0.15, -0.1) is 12.3 Å². The van der Waals surface area contributed by atoms with E-state index in [9.17, 15) is 9.59 Å². The second kappa shape index (κ2) is 8.06. The zero-order chi connectivity index (χ0) is 16.7. The zero-order valence-corrected chi connectivity index (χ0v) is 13.2. The fraction of sp³-hybridized carbons (Fsp3) is 0.750. The molecule has 126 valence electrons. The molecular formula is C16H23N3O4. The number of rotatable bonds is 9. The molecule has 2 aliphatic rings. The number of carbonyl (C=O) groups excluding carboxylic acids is 1. The van der Waals surface area contributed by atoms with Crippen LogP contribution in [0.1, 0.15) is 44.9 Å². The zero-order valence-electron chi connectivity index (χ0n) is 13.2. The van der Waals surface area contributed by atoms with Crippen molar-refractivity contribution in [3.63, 3.8) is 0 Å². The van der Waals surface area contributed by atoms with E-state index >= 15 is 0 Å². The molecule has 1 saturated heterocycles. The molecule has 0 aromatic carbocycles. The molecule has 0 radical (unpaired) electrons. The first-order valence-electron chi connectivity index (χ1n) is 8.01. The molecule has 2 aliphatic heterocycles. The molecule has 0 spiro atoms. The predicted octanol–water partition coefficient (Wildman–Crippen LogP) is 1.73. The van der Waals surface area contributed by atoms with Gasteiger partial charge in [-0.25, -0.2) is 0 Å². The number of carboxylic acid groups (broad SMARTS) is 1. The number of nitrogens with one attached hydrogen (secondary N) is 1. The first-order chi connectivity index (χ1) is 11.0. The van der Waals surface area contributed by atoms with Gasteiger partial charge in [0, 0.05) is 44.9 Å². The van der Waals surface area contributed by atoms with Gasteiger partial charge in [0.25, 0.3) is 0 Å². The molecule has 2 heterocycles. The SMILES string of the molecule is C#CCCC1(CCC(=O)NC(CC(=O)O)C2CCOCC2)N=N1. The monoisotopic (exact) mass is 321 g/mol. The van der Waals surface area contributed by atoms with Gasteiger partial charge >= 0.3 is 5.97 Å². The lowest BCUT2D eigenvalue weighted by molar-refractivity contribution is -0.138. The molecule has 23 heavy (non-hydrogen) atoms. The lowest BCUT2D eigenvalue weighted by Crippen LogP contribution is -2.43. The van der Waals surface area contributed by atoms with Gasteiger partial charge in [0.15, 0.2) is 5.66 Å². The van der Waals surface area contributed by atoms with E-state index in [0.29, 0.717) is 32.5 Å². The van der Waals surface area contributed by atoms with Crippen LogP contribution >= 0.6 is 0 Å². The highest BCUT2D eigenvalue weighted by atomic mass is 16.5. The Kier molecular flexibility index (Phi) is 6.11. The molecule has 0 aromatic rings. The summed E-state index contributed by atoms with van der Waals surface area (Å²) in [5, 5.41) is 19.9. The van der Waals surface area contributed by atoms with Crippen LogP contribution in [0.15, 0.2) is 10.2 Å². The smallest absolute Gasteiger partial charge is 0.305 e. The first-order valence-corrected chi connectivity index (χ1v) is 8.01. The van der Waals surface area contributed by atoms with Gasteiger partial charge in [-0.1, -0.05) is 0 Å². The maximum atomic E-state index is 12.2. The molecule has 1 atom stereocenters. The summed E-state index contributed by atoms with van der Waals surface area (Å²) >= 11 is 0. The molecule has 7 nitrogen and oxygen atoms in total. The van der Waals surface area contributed by atoms with Gasteiger partial charge in [-0.2, -0.15) is 10.2 Å². The molecule has 2 rings (SSSR count). The molecule has 0 saturated carbocycles. The largest absolute Gasteiger partial charge is 0.481 e. The van der Waals surface area contributed by atoms with Crippen LogP contribution in [0.25, 0.3) is 0 Å². The second-order valence-electron chi connectivity index (χ2n) is 6.11. The molecule has 0 aliphatic carbocycles. The summed E-state index contributed by atoms with van der Waals surface area (Å²) in [4.78, 5) is 23.2. The number of hydrogen-bond donors (Lipinski definition) is 2. The van der Waals surface area contributed by atoms with Gasteiger partial charge in [0.05, 0.1) is 6.42 Å². The van der Waals surface area contributed by atoms with Gasteiger partial charge in [0.2, 0.25) is 5.91 Å². The normalized spacial score (nSPS) is 20.5. The standard InChI is InChI=1S/C16H23N3O4/c1-2-3-7-16(18-19-16)8-4-14(20)17-13(11-15(21)22)12-5-9-23-10-6-12/h1,12-13H,3-11H2,(H,17,20)(H,21,22). The van der Waals surface area contributed by atoms with Crippen LogP contribution in [-0.2, 0) is 14.3 Å². The van der Waals surface area contributed by atoms with E-state index in [0.717, 1.165) is 12.8 Å². The number of nitrogens with zero attached hydrogens (tertiary/aromatic N) is 2. The van der Waals surface area contributed by atoms with E-state index < -0.39 is 11.6 Å². The highest BCUT2D eigenvalue weighted by Gasteiger charge is 2.39. The molecular weight excluding hydrogens is 298 g/mol. The van der Waals surface area contributed by atoms with E-state index in [1.54, 1.807) is 0 Å². The maximum absolute atomic E-state index is 12.2. The van der Waals surface area contributed by atoms with Crippen molar-refractivity contribution in [1.82, 2.24) is 5.32 Å². The minimum atomic E-state index is -0.903. The highest BCUT2D eigenvalue weighted by molar-refractivity contribution is 5.77. The minimum Gasteiger partial charge on any atom is -0.481 e. The fourth-order valence-corrected chi connectivity index (χ4v) is 2.90. The molecule has 7 heteroatoms. The van der Waals surface area contributed by atoms with Crippen LogP contribution in [0.5, 0.6) is 0 Å². The van der Waals surface area contributed by atoms with Gasteiger partial charge in [0.1, 0.15) is 0 Å². The van der Waals surface area contributed by atoms with Crippen molar-refractivity contribution >= 4 is 11.9 Å². The van der Waals surface area contributed by atoms with Crippen molar-refractivity contribution in [1.29, 1.82) is 0 Å². The Morgan fingerprint density at radius 3 is 2.61 bits per heavy atom. The van der Waals surface area contributed by atoms with Crippen LogP contribution in [-0.4, -0.2) is 41.9 Å². The van der Waals surface area contributed by atoms with Gasteiger partial charge in [-0.05, 0) is 18.8 Å². The average molecular weight is 321 g/mol. The first kappa shape index (κ1) is 17.4. The van der Waals surface area contributed by atoms with Crippen molar-refractivity contribution < 1.29 is 19.4 Å². The Labute approximate surface area is 135 Å². The summed E-state index contributed by atoms with van der Waals surface area (Å²) < 4.78 is 5.30. The van der Waals surface area contributed by atoms with Crippen molar-refractivity contribution in [2.75, 3.05) is 13.2 Å². The number of aliphatic carboxylic acids is 1. The average Bonchev–Trinajstić information content (AvgIpc) is 3.31. The predicted molar refractivity (Wildman–Crippen MR) is 82.6 cm³/mol. The molecule has 0 bridgehead atoms. The molecule has 1 fully saturated rings. The molecule has 1 amide bonds. The summed E-state index contributed by atoms with van der Waals surface area (Å²) in [5.41, 5.74) is -0.481. The van der Waals surface area contributed by atoms with E-state index in [-0.39, 0.29) is 30.7 Å². The summed E-state index contributed by atoms with van der Waals surface area (Å²) in [6.07, 6.45) is 8.76. The quantitative estimate of drug-likeness (QED) is 0.631. The van der Waals surface area contributed by atoms with Gasteiger partial charge < -0.3 is 15.2 Å². The Morgan fingerprint density at radius 2 is 2.04 bits per heavy atom. The van der Waals surface area contributed by atoms with Crippen LogP contribution in [0.3, 0.4) is 0 Å². The van der Waals surface area contributed by atoms with Crippen LogP contribution in [0.2, 0.25) is 0 Å². The number of amides is 1. The molecule has 2 N–H and O–H groups in total. The van der Waals surface area contributed by atoms with E-state index in [1.807, 2.05) is 0 Å². The summed E-state index contributed by atoms with van der Waals surface area (Å²) in [7, 11) is 0. The number of terminal acetylenes is 1. The van der Waals surface area contributed by atoms with Crippen LogP contribution in [0.4, 0.5) is 0 Å². The number of carboxylic acids is 1. The fourth-order valence-electron chi connectivity index (χ4n) is 2.90. The third kappa shape index (κ3) is 5.64. The van der Waals surface area contributed by atoms with E-state index in [2.05, 4.69) is 21.5 Å². The highest BCUT2D eigenvalue weighted by Crippen LogP contribution is 2.37. The lowest BCUT2D eigenvalue weighted by Gasteiger charge is -2.30. The van der Waals surface area contributed by atoms with E-state index in [4.69, 9.17) is 16.3 Å². The summed E-state index contributed by atoms with van der Waals surface area (Å²) in [6, 6.07) is -0.348. The van der Waals surface area contributed by atoms with Crippen molar-refractivity contribution in [2.45, 2.75) is 56.7 Å². The third-order valence-corrected chi connectivity index (χ3v) is 4.38.